The fourth-order valence-corrected chi connectivity index (χ4v) is 8.71. The van der Waals surface area contributed by atoms with E-state index in [9.17, 15) is 108 Å². The summed E-state index contributed by atoms with van der Waals surface area (Å²) in [6, 6.07) is 0. The van der Waals surface area contributed by atoms with Crippen LogP contribution in [0.1, 0.15) is 12.8 Å². The van der Waals surface area contributed by atoms with E-state index >= 15 is 26.3 Å². The van der Waals surface area contributed by atoms with Gasteiger partial charge in [0.2, 0.25) is 11.6 Å². The Balaban J connectivity index is 1.13. The minimum Gasteiger partial charge on any atom is -0.391 e. The molecule has 8 bridgehead atoms. The van der Waals surface area contributed by atoms with Crippen LogP contribution in [0.15, 0.2) is 0 Å². The van der Waals surface area contributed by atoms with Crippen LogP contribution >= 0.6 is 0 Å². The van der Waals surface area contributed by atoms with Crippen molar-refractivity contribution >= 4 is 11.6 Å². The highest BCUT2D eigenvalue weighted by atomic mass is 19.4. The van der Waals surface area contributed by atoms with Gasteiger partial charge in [-0.3, -0.25) is 9.59 Å². The van der Waals surface area contributed by atoms with E-state index in [1.807, 2.05) is 0 Å². The topological polar surface area (TPSA) is 102 Å². The van der Waals surface area contributed by atoms with E-state index < -0.39 is 167 Å². The number of halogens is 26. The quantitative estimate of drug-likeness (QED) is 0.188. The molecule has 0 aliphatic heterocycles. The maximum Gasteiger partial charge on any atom is 0.340 e. The van der Waals surface area contributed by atoms with Gasteiger partial charge in [-0.15, -0.1) is 0 Å². The molecule has 0 aromatic heterocycles. The van der Waals surface area contributed by atoms with Crippen molar-refractivity contribution in [1.29, 1.82) is 0 Å². The second kappa shape index (κ2) is 11.4. The van der Waals surface area contributed by atoms with Gasteiger partial charge in [0, 0.05) is 13.2 Å². The zero-order valence-electron chi connectivity index (χ0n) is 28.2. The number of aliphatic hydroxyl groups is 2. The number of alkyl halides is 26. The first-order chi connectivity index (χ1) is 26.8. The second-order valence-electron chi connectivity index (χ2n) is 14.8. The van der Waals surface area contributed by atoms with Crippen LogP contribution in [-0.2, 0) is 23.8 Å². The summed E-state index contributed by atoms with van der Waals surface area (Å²) in [6.07, 6.45) is -8.62. The predicted octanol–water partition coefficient (Wildman–Crippen LogP) is 5.84. The number of aliphatic hydroxyl groups excluding tert-OH is 2. The van der Waals surface area contributed by atoms with Crippen molar-refractivity contribution in [3.63, 3.8) is 0 Å². The third-order valence-corrected chi connectivity index (χ3v) is 12.1. The minimum atomic E-state index is -7.92. The Morgan fingerprint density at radius 3 is 0.852 bits per heavy atom. The number of carbonyl (C=O) groups excluding carboxylic acids is 2. The summed E-state index contributed by atoms with van der Waals surface area (Å²) < 4.78 is 400. The molecule has 0 heterocycles. The SMILES string of the molecule is O=C1C2(F)C(F)(F)C3(F)C(F)(F)C1(F)C(F)(OCC(O)CCOCCC(O)COC1(F)C4(F)C(=O)C5(F)C(F)(F)C(F)(C4(F)F)C(F)(F)C1(F)C5(F)F)C(F)(C2(F)F)C3(F)F. The molecule has 12 atom stereocenters. The van der Waals surface area contributed by atoms with E-state index in [1.54, 1.807) is 0 Å². The van der Waals surface area contributed by atoms with Crippen LogP contribution in [0.5, 0.6) is 0 Å². The lowest BCUT2D eigenvalue weighted by molar-refractivity contribution is -0.556. The van der Waals surface area contributed by atoms with E-state index in [-0.39, 0.29) is 0 Å². The molecule has 0 amide bonds. The number of ether oxygens (including phenoxy) is 3. The van der Waals surface area contributed by atoms with E-state index in [0.29, 0.717) is 0 Å². The van der Waals surface area contributed by atoms with Gasteiger partial charge in [-0.25, -0.2) is 43.9 Å². The summed E-state index contributed by atoms with van der Waals surface area (Å²) in [4.78, 5) is 24.2. The van der Waals surface area contributed by atoms with E-state index in [4.69, 9.17) is 0 Å². The van der Waals surface area contributed by atoms with Gasteiger partial charge in [0.1, 0.15) is 0 Å². The monoisotopic (exact) mass is 958 g/mol. The zero-order chi connectivity index (χ0) is 47.7. The Labute approximate surface area is 316 Å². The minimum absolute atomic E-state index is 1.31. The average molecular weight is 958 g/mol. The van der Waals surface area contributed by atoms with Crippen LogP contribution < -0.4 is 0 Å². The van der Waals surface area contributed by atoms with E-state index in [0.717, 1.165) is 0 Å². The van der Waals surface area contributed by atoms with E-state index in [2.05, 4.69) is 14.2 Å². The van der Waals surface area contributed by atoms with Gasteiger partial charge in [-0.1, -0.05) is 0 Å². The summed E-state index contributed by atoms with van der Waals surface area (Å²) >= 11 is 0. The fraction of sp³-hybridized carbons (Fsp3) is 0.929. The number of carbonyl (C=O) groups is 2. The van der Waals surface area contributed by atoms with Crippen molar-refractivity contribution in [1.82, 2.24) is 0 Å². The smallest absolute Gasteiger partial charge is 0.340 e. The number of ketones is 2. The molecule has 0 spiro atoms. The van der Waals surface area contributed by atoms with Crippen LogP contribution in [0, 0.1) is 0 Å². The molecule has 0 radical (unpaired) electrons. The molecule has 0 aromatic rings. The number of hydrogen-bond donors (Lipinski definition) is 2. The standard InChI is InChI=1S/C28H16F26O7/c29-11-9(57)13(31)23(45,46)15(33,19(11,37)38)25(49,50)17(35,21(11,41)42)27(13,53)60-5-7(55)1-3-59-4-2-8(56)6-61-28(54)14(32)10(58)12(30)20(39,40)16(34,24(14,47)48)26(51,52)18(28,36)22(12,43)44/h7-8,55-56H,1-6H2. The van der Waals surface area contributed by atoms with Gasteiger partial charge < -0.3 is 24.4 Å². The summed E-state index contributed by atoms with van der Waals surface area (Å²) in [5, 5.41) is 19.7. The third-order valence-electron chi connectivity index (χ3n) is 12.1. The predicted molar refractivity (Wildman–Crippen MR) is 132 cm³/mol. The largest absolute Gasteiger partial charge is 0.391 e. The van der Waals surface area contributed by atoms with Crippen LogP contribution in [-0.4, -0.2) is 165 Å². The molecular formula is C28H16F26O7. The van der Waals surface area contributed by atoms with Crippen LogP contribution in [0.3, 0.4) is 0 Å². The summed E-state index contributed by atoms with van der Waals surface area (Å²) in [7, 11) is 0. The maximum absolute atomic E-state index is 15.8. The maximum atomic E-state index is 15.8. The summed E-state index contributed by atoms with van der Waals surface area (Å²) in [5.41, 5.74) is -59.6. The Hall–Kier alpha value is -2.68. The van der Waals surface area contributed by atoms with Gasteiger partial charge in [0.25, 0.3) is 11.3 Å². The van der Waals surface area contributed by atoms with E-state index in [1.165, 1.54) is 0 Å². The van der Waals surface area contributed by atoms with Gasteiger partial charge in [0.05, 0.1) is 25.4 Å². The molecule has 2 N–H and O–H groups in total. The molecule has 7 nitrogen and oxygen atoms in total. The normalized spacial score (nSPS) is 50.2. The Morgan fingerprint density at radius 2 is 0.590 bits per heavy atom. The van der Waals surface area contributed by atoms with Crippen LogP contribution in [0.4, 0.5) is 114 Å². The van der Waals surface area contributed by atoms with Crippen molar-refractivity contribution in [2.45, 2.75) is 129 Å². The first-order valence-corrected chi connectivity index (χ1v) is 16.0. The highest BCUT2D eigenvalue weighted by Gasteiger charge is 3.21. The molecule has 0 saturated heterocycles. The molecule has 8 aliphatic rings. The molecule has 12 unspecified atom stereocenters. The Bertz CT molecular complexity index is 1820. The highest BCUT2D eigenvalue weighted by Crippen LogP contribution is 2.87. The molecule has 8 aliphatic carbocycles. The van der Waals surface area contributed by atoms with Crippen molar-refractivity contribution in [2.75, 3.05) is 26.4 Å². The number of hydrogen-bond acceptors (Lipinski definition) is 7. The lowest BCUT2D eigenvalue weighted by atomic mass is 9.41. The molecule has 33 heteroatoms. The van der Waals surface area contributed by atoms with Crippen molar-refractivity contribution in [3.8, 4) is 0 Å². The van der Waals surface area contributed by atoms with Gasteiger partial charge in [-0.2, -0.15) is 70.2 Å². The number of Topliss-reactive ketones (excluding diaryl/α,β-unsaturated/α-hetero) is 2. The second-order valence-corrected chi connectivity index (χ2v) is 14.8. The Kier molecular flexibility index (Phi) is 8.93. The third kappa shape index (κ3) is 3.58. The molecule has 8 saturated carbocycles. The fourth-order valence-electron chi connectivity index (χ4n) is 8.71. The first kappa shape index (κ1) is 47.8. The molecule has 0 aromatic carbocycles. The average Bonchev–Trinajstić information content (AvgIpc) is 3.14. The highest BCUT2D eigenvalue weighted by molar-refractivity contribution is 6.05. The van der Waals surface area contributed by atoms with Gasteiger partial charge in [-0.05, 0) is 12.8 Å². The van der Waals surface area contributed by atoms with Gasteiger partial charge >= 0.3 is 93.1 Å². The lowest BCUT2D eigenvalue weighted by Gasteiger charge is -2.71. The molecule has 8 rings (SSSR count). The van der Waals surface area contributed by atoms with Crippen molar-refractivity contribution < 1.29 is 148 Å². The molecule has 352 valence electrons. The summed E-state index contributed by atoms with van der Waals surface area (Å²) in [5.74, 6) is -85.6. The van der Waals surface area contributed by atoms with Crippen molar-refractivity contribution in [2.24, 2.45) is 0 Å². The first-order valence-electron chi connectivity index (χ1n) is 16.0. The number of rotatable bonds is 12. The lowest BCUT2D eigenvalue weighted by Crippen LogP contribution is -3.07. The Morgan fingerprint density at radius 1 is 0.361 bits per heavy atom. The van der Waals surface area contributed by atoms with Gasteiger partial charge in [0.15, 0.2) is 0 Å². The zero-order valence-corrected chi connectivity index (χ0v) is 28.2. The molecule has 61 heavy (non-hydrogen) atoms. The molecular weight excluding hydrogens is 942 g/mol. The van der Waals surface area contributed by atoms with Crippen LogP contribution in [0.2, 0.25) is 0 Å². The molecule has 8 fully saturated rings. The van der Waals surface area contributed by atoms with Crippen LogP contribution in [0.25, 0.3) is 0 Å². The van der Waals surface area contributed by atoms with Crippen molar-refractivity contribution in [3.05, 3.63) is 0 Å². The summed E-state index contributed by atoms with van der Waals surface area (Å²) in [6.45, 7) is -7.80.